The lowest BCUT2D eigenvalue weighted by Gasteiger charge is -1.98. The summed E-state index contributed by atoms with van der Waals surface area (Å²) in [5.74, 6) is 0.336. The highest BCUT2D eigenvalue weighted by Gasteiger charge is 2.13. The molecule has 74 valence electrons. The zero-order chi connectivity index (χ0) is 10.4. The van der Waals surface area contributed by atoms with E-state index in [1.165, 1.54) is 0 Å². The van der Waals surface area contributed by atoms with Gasteiger partial charge in [0.15, 0.2) is 0 Å². The summed E-state index contributed by atoms with van der Waals surface area (Å²) in [7, 11) is 0. The molecule has 0 bridgehead atoms. The van der Waals surface area contributed by atoms with Gasteiger partial charge in [0.25, 0.3) is 5.12 Å². The van der Waals surface area contributed by atoms with Gasteiger partial charge < -0.3 is 0 Å². The standard InChI is InChI=1S/C11H12O2S/c1-2-14-11(13)10(12)8-9-6-4-3-5-7-9/h3-7H,2,8H2,1H3. The van der Waals surface area contributed by atoms with Gasteiger partial charge in [-0.2, -0.15) is 0 Å². The van der Waals surface area contributed by atoms with Crippen LogP contribution in [0.15, 0.2) is 30.3 Å². The second kappa shape index (κ2) is 5.60. The van der Waals surface area contributed by atoms with Gasteiger partial charge in [0.2, 0.25) is 5.78 Å². The molecule has 0 unspecified atom stereocenters. The quantitative estimate of drug-likeness (QED) is 0.710. The lowest BCUT2D eigenvalue weighted by molar-refractivity contribution is -0.131. The fourth-order valence-electron chi connectivity index (χ4n) is 1.07. The lowest BCUT2D eigenvalue weighted by Crippen LogP contribution is -2.12. The highest BCUT2D eigenvalue weighted by molar-refractivity contribution is 8.15. The van der Waals surface area contributed by atoms with E-state index >= 15 is 0 Å². The molecule has 1 aromatic rings. The molecule has 0 aliphatic heterocycles. The molecule has 3 heteroatoms. The molecule has 0 radical (unpaired) electrons. The van der Waals surface area contributed by atoms with Gasteiger partial charge in [-0.05, 0) is 11.3 Å². The van der Waals surface area contributed by atoms with E-state index in [0.29, 0.717) is 5.75 Å². The van der Waals surface area contributed by atoms with E-state index < -0.39 is 0 Å². The molecule has 0 saturated heterocycles. The van der Waals surface area contributed by atoms with Gasteiger partial charge in [0.1, 0.15) is 0 Å². The van der Waals surface area contributed by atoms with Crippen molar-refractivity contribution in [1.82, 2.24) is 0 Å². The number of hydrogen-bond donors (Lipinski definition) is 0. The van der Waals surface area contributed by atoms with E-state index in [1.54, 1.807) is 0 Å². The Labute approximate surface area is 87.7 Å². The molecule has 0 spiro atoms. The summed E-state index contributed by atoms with van der Waals surface area (Å²) in [6.45, 7) is 1.86. The zero-order valence-corrected chi connectivity index (χ0v) is 8.84. The SMILES string of the molecule is CCSC(=O)C(=O)Cc1ccccc1. The minimum atomic E-state index is -0.337. The Morgan fingerprint density at radius 1 is 1.21 bits per heavy atom. The molecule has 0 aliphatic rings. The van der Waals surface area contributed by atoms with Crippen molar-refractivity contribution in [2.45, 2.75) is 13.3 Å². The molecule has 1 aromatic carbocycles. The van der Waals surface area contributed by atoms with Crippen molar-refractivity contribution in [2.24, 2.45) is 0 Å². The summed E-state index contributed by atoms with van der Waals surface area (Å²) in [5.41, 5.74) is 0.891. The minimum Gasteiger partial charge on any atom is -0.290 e. The zero-order valence-electron chi connectivity index (χ0n) is 8.03. The first-order chi connectivity index (χ1) is 6.74. The highest BCUT2D eigenvalue weighted by Crippen LogP contribution is 2.06. The third-order valence-corrected chi connectivity index (χ3v) is 2.49. The van der Waals surface area contributed by atoms with Crippen LogP contribution in [-0.4, -0.2) is 16.7 Å². The second-order valence-electron chi connectivity index (χ2n) is 2.81. The van der Waals surface area contributed by atoms with Gasteiger partial charge in [-0.1, -0.05) is 49.0 Å². The molecule has 0 heterocycles. The van der Waals surface area contributed by atoms with E-state index in [1.807, 2.05) is 37.3 Å². The number of carbonyl (C=O) groups is 2. The topological polar surface area (TPSA) is 34.1 Å². The number of ketones is 1. The van der Waals surface area contributed by atoms with Crippen molar-refractivity contribution < 1.29 is 9.59 Å². The number of thioether (sulfide) groups is 1. The number of hydrogen-bond acceptors (Lipinski definition) is 3. The maximum absolute atomic E-state index is 11.3. The molecule has 0 aliphatic carbocycles. The average Bonchev–Trinajstić information content (AvgIpc) is 2.19. The molecule has 1 rings (SSSR count). The van der Waals surface area contributed by atoms with Crippen LogP contribution in [0.4, 0.5) is 0 Å². The van der Waals surface area contributed by atoms with Crippen molar-refractivity contribution in [3.05, 3.63) is 35.9 Å². The molecular formula is C11H12O2S. The van der Waals surface area contributed by atoms with Crippen LogP contribution >= 0.6 is 11.8 Å². The van der Waals surface area contributed by atoms with E-state index in [9.17, 15) is 9.59 Å². The van der Waals surface area contributed by atoms with Crippen LogP contribution in [0.5, 0.6) is 0 Å². The largest absolute Gasteiger partial charge is 0.290 e. The molecule has 0 N–H and O–H groups in total. The van der Waals surface area contributed by atoms with Crippen LogP contribution in [0.3, 0.4) is 0 Å². The minimum absolute atomic E-state index is 0.215. The Balaban J connectivity index is 2.53. The first-order valence-corrected chi connectivity index (χ1v) is 5.46. The van der Waals surface area contributed by atoms with Crippen molar-refractivity contribution in [2.75, 3.05) is 5.75 Å². The van der Waals surface area contributed by atoms with E-state index in [-0.39, 0.29) is 17.3 Å². The first kappa shape index (κ1) is 11.0. The normalized spacial score (nSPS) is 9.79. The summed E-state index contributed by atoms with van der Waals surface area (Å²) in [6.07, 6.45) is 0.215. The molecule has 0 aromatic heterocycles. The number of benzene rings is 1. The van der Waals surface area contributed by atoms with Crippen molar-refractivity contribution in [3.63, 3.8) is 0 Å². The lowest BCUT2D eigenvalue weighted by atomic mass is 10.1. The van der Waals surface area contributed by atoms with Crippen molar-refractivity contribution in [1.29, 1.82) is 0 Å². The van der Waals surface area contributed by atoms with Crippen LogP contribution in [0.2, 0.25) is 0 Å². The molecule has 0 amide bonds. The maximum atomic E-state index is 11.3. The monoisotopic (exact) mass is 208 g/mol. The Morgan fingerprint density at radius 3 is 2.43 bits per heavy atom. The molecule has 0 saturated carbocycles. The Bertz CT molecular complexity index is 319. The summed E-state index contributed by atoms with van der Waals surface area (Å²) >= 11 is 1.07. The fraction of sp³-hybridized carbons (Fsp3) is 0.273. The maximum Gasteiger partial charge on any atom is 0.255 e. The smallest absolute Gasteiger partial charge is 0.255 e. The molecule has 0 atom stereocenters. The average molecular weight is 208 g/mol. The number of carbonyl (C=O) groups excluding carboxylic acids is 2. The van der Waals surface area contributed by atoms with Crippen molar-refractivity contribution >= 4 is 22.7 Å². The van der Waals surface area contributed by atoms with E-state index in [4.69, 9.17) is 0 Å². The van der Waals surface area contributed by atoms with Crippen LogP contribution in [0.1, 0.15) is 12.5 Å². The van der Waals surface area contributed by atoms with Crippen LogP contribution in [0.25, 0.3) is 0 Å². The third kappa shape index (κ3) is 3.34. The molecular weight excluding hydrogens is 196 g/mol. The van der Waals surface area contributed by atoms with E-state index in [0.717, 1.165) is 17.3 Å². The van der Waals surface area contributed by atoms with Gasteiger partial charge in [-0.15, -0.1) is 0 Å². The van der Waals surface area contributed by atoms with Gasteiger partial charge in [0.05, 0.1) is 0 Å². The fourth-order valence-corrected chi connectivity index (χ4v) is 1.56. The molecule has 0 fully saturated rings. The van der Waals surface area contributed by atoms with Crippen LogP contribution in [0, 0.1) is 0 Å². The molecule has 2 nitrogen and oxygen atoms in total. The summed E-state index contributed by atoms with van der Waals surface area (Å²) in [6, 6.07) is 9.31. The predicted octanol–water partition coefficient (Wildman–Crippen LogP) is 2.08. The van der Waals surface area contributed by atoms with Gasteiger partial charge in [-0.3, -0.25) is 9.59 Å². The summed E-state index contributed by atoms with van der Waals surface area (Å²) in [4.78, 5) is 22.5. The highest BCUT2D eigenvalue weighted by atomic mass is 32.2. The predicted molar refractivity (Wildman–Crippen MR) is 58.3 cm³/mol. The Hall–Kier alpha value is -1.09. The number of Topliss-reactive ketones (excluding diaryl/α,β-unsaturated/α-hetero) is 1. The van der Waals surface area contributed by atoms with E-state index in [2.05, 4.69) is 0 Å². The van der Waals surface area contributed by atoms with Crippen LogP contribution in [-0.2, 0) is 16.0 Å². The Kier molecular flexibility index (Phi) is 4.40. The van der Waals surface area contributed by atoms with Gasteiger partial charge in [0, 0.05) is 6.42 Å². The van der Waals surface area contributed by atoms with Gasteiger partial charge in [-0.25, -0.2) is 0 Å². The number of rotatable bonds is 4. The third-order valence-electron chi connectivity index (χ3n) is 1.71. The summed E-state index contributed by atoms with van der Waals surface area (Å²) < 4.78 is 0. The summed E-state index contributed by atoms with van der Waals surface area (Å²) in [5, 5.41) is -0.337. The molecule has 14 heavy (non-hydrogen) atoms. The Morgan fingerprint density at radius 2 is 1.86 bits per heavy atom. The second-order valence-corrected chi connectivity index (χ2v) is 4.04. The van der Waals surface area contributed by atoms with Gasteiger partial charge >= 0.3 is 0 Å². The van der Waals surface area contributed by atoms with Crippen molar-refractivity contribution in [3.8, 4) is 0 Å². The van der Waals surface area contributed by atoms with Crippen LogP contribution < -0.4 is 0 Å². The first-order valence-electron chi connectivity index (χ1n) is 4.48.